The lowest BCUT2D eigenvalue weighted by molar-refractivity contribution is -0.126. The van der Waals surface area contributed by atoms with Crippen LogP contribution in [0.2, 0.25) is 0 Å². The van der Waals surface area contributed by atoms with E-state index in [1.54, 1.807) is 25.3 Å². The Morgan fingerprint density at radius 3 is 2.32 bits per heavy atom. The van der Waals surface area contributed by atoms with Crippen LogP contribution in [0.15, 0.2) is 42.5 Å². The average molecular weight is 342 g/mol. The predicted octanol–water partition coefficient (Wildman–Crippen LogP) is 2.66. The van der Waals surface area contributed by atoms with E-state index in [2.05, 4.69) is 10.6 Å². The van der Waals surface area contributed by atoms with Gasteiger partial charge >= 0.3 is 0 Å². The van der Waals surface area contributed by atoms with E-state index >= 15 is 0 Å². The first-order valence-corrected chi connectivity index (χ1v) is 7.86. The number of carbonyl (C=O) groups excluding carboxylic acids is 2. The van der Waals surface area contributed by atoms with Crippen molar-refractivity contribution < 1.29 is 19.1 Å². The number of hydrogen-bond donors (Lipinski definition) is 2. The van der Waals surface area contributed by atoms with Gasteiger partial charge in [-0.3, -0.25) is 9.59 Å². The molecule has 132 valence electrons. The molecule has 0 radical (unpaired) electrons. The van der Waals surface area contributed by atoms with Gasteiger partial charge in [0.05, 0.1) is 19.9 Å². The van der Waals surface area contributed by atoms with Gasteiger partial charge in [0.25, 0.3) is 0 Å². The van der Waals surface area contributed by atoms with E-state index in [9.17, 15) is 9.59 Å². The lowest BCUT2D eigenvalue weighted by Crippen LogP contribution is -2.27. The fourth-order valence-electron chi connectivity index (χ4n) is 2.21. The van der Waals surface area contributed by atoms with Crippen LogP contribution >= 0.6 is 0 Å². The topological polar surface area (TPSA) is 76.7 Å². The second-order valence-electron chi connectivity index (χ2n) is 5.55. The molecule has 0 fully saturated rings. The van der Waals surface area contributed by atoms with Gasteiger partial charge in [-0.15, -0.1) is 0 Å². The Kier molecular flexibility index (Phi) is 6.39. The Balaban J connectivity index is 1.87. The third kappa shape index (κ3) is 5.53. The maximum Gasteiger partial charge on any atom is 0.233 e. The van der Waals surface area contributed by atoms with Gasteiger partial charge in [0, 0.05) is 12.6 Å². The Labute approximate surface area is 147 Å². The summed E-state index contributed by atoms with van der Waals surface area (Å²) in [6, 6.07) is 12.9. The number of carbonyl (C=O) groups is 2. The van der Waals surface area contributed by atoms with Crippen molar-refractivity contribution in [1.29, 1.82) is 0 Å². The van der Waals surface area contributed by atoms with Gasteiger partial charge in [-0.1, -0.05) is 29.8 Å². The number of rotatable bonds is 7. The normalized spacial score (nSPS) is 10.0. The zero-order valence-corrected chi connectivity index (χ0v) is 14.6. The number of hydrogen-bond acceptors (Lipinski definition) is 4. The second kappa shape index (κ2) is 8.73. The van der Waals surface area contributed by atoms with Gasteiger partial charge in [-0.05, 0) is 24.6 Å². The van der Waals surface area contributed by atoms with E-state index in [0.29, 0.717) is 23.7 Å². The van der Waals surface area contributed by atoms with Crippen molar-refractivity contribution in [2.75, 3.05) is 19.5 Å². The molecule has 0 bridgehead atoms. The minimum atomic E-state index is -0.412. The number of amides is 2. The summed E-state index contributed by atoms with van der Waals surface area (Å²) in [6.07, 6.45) is -0.263. The molecule has 0 unspecified atom stereocenters. The Bertz CT molecular complexity index is 742. The van der Waals surface area contributed by atoms with Crippen molar-refractivity contribution in [3.05, 3.63) is 53.6 Å². The molecular formula is C19H22N2O4. The van der Waals surface area contributed by atoms with Gasteiger partial charge in [0.1, 0.15) is 17.9 Å². The molecule has 0 aliphatic heterocycles. The van der Waals surface area contributed by atoms with Crippen molar-refractivity contribution in [2.45, 2.75) is 19.9 Å². The fraction of sp³-hybridized carbons (Fsp3) is 0.263. The van der Waals surface area contributed by atoms with E-state index in [0.717, 1.165) is 11.1 Å². The molecule has 2 aromatic carbocycles. The molecule has 0 saturated carbocycles. The third-order valence-electron chi connectivity index (χ3n) is 3.61. The first kappa shape index (κ1) is 18.3. The molecule has 25 heavy (non-hydrogen) atoms. The Morgan fingerprint density at radius 1 is 0.960 bits per heavy atom. The van der Waals surface area contributed by atoms with Crippen LogP contribution in [0, 0.1) is 6.92 Å². The molecular weight excluding hydrogens is 320 g/mol. The highest BCUT2D eigenvalue weighted by Gasteiger charge is 2.12. The molecule has 6 nitrogen and oxygen atoms in total. The van der Waals surface area contributed by atoms with Crippen molar-refractivity contribution in [2.24, 2.45) is 0 Å². The molecule has 2 N–H and O–H groups in total. The number of benzene rings is 2. The molecule has 6 heteroatoms. The lowest BCUT2D eigenvalue weighted by atomic mass is 10.1. The maximum atomic E-state index is 12.0. The highest BCUT2D eigenvalue weighted by Crippen LogP contribution is 2.29. The van der Waals surface area contributed by atoms with Gasteiger partial charge in [0.2, 0.25) is 11.8 Å². The van der Waals surface area contributed by atoms with Crippen LogP contribution < -0.4 is 20.1 Å². The largest absolute Gasteiger partial charge is 0.497 e. The van der Waals surface area contributed by atoms with E-state index in [1.807, 2.05) is 31.2 Å². The molecule has 2 amide bonds. The summed E-state index contributed by atoms with van der Waals surface area (Å²) in [4.78, 5) is 24.0. The van der Waals surface area contributed by atoms with E-state index in [1.165, 1.54) is 7.11 Å². The molecule has 0 aromatic heterocycles. The maximum absolute atomic E-state index is 12.0. The van der Waals surface area contributed by atoms with Gasteiger partial charge in [0.15, 0.2) is 0 Å². The second-order valence-corrected chi connectivity index (χ2v) is 5.55. The Hall–Kier alpha value is -3.02. The summed E-state index contributed by atoms with van der Waals surface area (Å²) in [5, 5.41) is 5.40. The summed E-state index contributed by atoms with van der Waals surface area (Å²) in [5.74, 6) is 0.328. The monoisotopic (exact) mass is 342 g/mol. The summed E-state index contributed by atoms with van der Waals surface area (Å²) in [7, 11) is 3.05. The number of anilines is 1. The van der Waals surface area contributed by atoms with E-state index in [-0.39, 0.29) is 12.3 Å². The summed E-state index contributed by atoms with van der Waals surface area (Å²) in [6.45, 7) is 2.39. The number of nitrogens with one attached hydrogen (secondary N) is 2. The highest BCUT2D eigenvalue weighted by atomic mass is 16.5. The standard InChI is InChI=1S/C19H22N2O4/c1-13-4-6-14(7-5-13)12-20-18(22)11-19(23)21-16-9-8-15(24-2)10-17(16)25-3/h4-10H,11-12H2,1-3H3,(H,20,22)(H,21,23). The highest BCUT2D eigenvalue weighted by molar-refractivity contribution is 6.04. The van der Waals surface area contributed by atoms with Crippen LogP contribution in [0.5, 0.6) is 11.5 Å². The zero-order chi connectivity index (χ0) is 18.2. The van der Waals surface area contributed by atoms with E-state index < -0.39 is 5.91 Å². The van der Waals surface area contributed by atoms with Crippen LogP contribution in [0.1, 0.15) is 17.5 Å². The minimum Gasteiger partial charge on any atom is -0.497 e. The van der Waals surface area contributed by atoms with Gasteiger partial charge in [-0.25, -0.2) is 0 Å². The number of aryl methyl sites for hydroxylation is 1. The average Bonchev–Trinajstić information content (AvgIpc) is 2.61. The SMILES string of the molecule is COc1ccc(NC(=O)CC(=O)NCc2ccc(C)cc2)c(OC)c1. The zero-order valence-electron chi connectivity index (χ0n) is 14.6. The smallest absolute Gasteiger partial charge is 0.233 e. The molecule has 0 atom stereocenters. The van der Waals surface area contributed by atoms with Crippen LogP contribution in [0.25, 0.3) is 0 Å². The minimum absolute atomic E-state index is 0.263. The molecule has 0 aliphatic carbocycles. The number of ether oxygens (including phenoxy) is 2. The molecule has 0 heterocycles. The first-order chi connectivity index (χ1) is 12.0. The number of methoxy groups -OCH3 is 2. The fourth-order valence-corrected chi connectivity index (χ4v) is 2.21. The van der Waals surface area contributed by atoms with Crippen LogP contribution in [-0.4, -0.2) is 26.0 Å². The van der Waals surface area contributed by atoms with Gasteiger partial charge < -0.3 is 20.1 Å². The van der Waals surface area contributed by atoms with Crippen molar-refractivity contribution in [3.63, 3.8) is 0 Å². The van der Waals surface area contributed by atoms with Crippen LogP contribution in [0.3, 0.4) is 0 Å². The third-order valence-corrected chi connectivity index (χ3v) is 3.61. The Morgan fingerprint density at radius 2 is 1.68 bits per heavy atom. The van der Waals surface area contributed by atoms with E-state index in [4.69, 9.17) is 9.47 Å². The van der Waals surface area contributed by atoms with Gasteiger partial charge in [-0.2, -0.15) is 0 Å². The molecule has 2 rings (SSSR count). The summed E-state index contributed by atoms with van der Waals surface area (Å²) >= 11 is 0. The molecule has 0 aliphatic rings. The lowest BCUT2D eigenvalue weighted by Gasteiger charge is -2.11. The van der Waals surface area contributed by atoms with Crippen molar-refractivity contribution >= 4 is 17.5 Å². The molecule has 0 spiro atoms. The first-order valence-electron chi connectivity index (χ1n) is 7.86. The summed E-state index contributed by atoms with van der Waals surface area (Å²) in [5.41, 5.74) is 2.62. The van der Waals surface area contributed by atoms with Crippen LogP contribution in [0.4, 0.5) is 5.69 Å². The predicted molar refractivity (Wildman–Crippen MR) is 95.8 cm³/mol. The van der Waals surface area contributed by atoms with Crippen molar-refractivity contribution in [1.82, 2.24) is 5.32 Å². The summed E-state index contributed by atoms with van der Waals surface area (Å²) < 4.78 is 10.3. The molecule has 2 aromatic rings. The van der Waals surface area contributed by atoms with Crippen molar-refractivity contribution in [3.8, 4) is 11.5 Å². The molecule has 0 saturated heterocycles. The van der Waals surface area contributed by atoms with Crippen LogP contribution in [-0.2, 0) is 16.1 Å². The quantitative estimate of drug-likeness (QED) is 0.759.